The van der Waals surface area contributed by atoms with Crippen molar-refractivity contribution >= 4 is 23.5 Å². The smallest absolute Gasteiger partial charge is 0.0457 e. The van der Waals surface area contributed by atoms with Gasteiger partial charge in [-0.15, -0.1) is 0 Å². The van der Waals surface area contributed by atoms with Crippen LogP contribution in [0.1, 0.15) is 16.7 Å². The van der Waals surface area contributed by atoms with Crippen LogP contribution >= 0.6 is 0 Å². The average Bonchev–Trinajstić information content (AvgIpc) is 2.57. The van der Waals surface area contributed by atoms with Crippen molar-refractivity contribution in [2.45, 2.75) is 6.92 Å². The minimum atomic E-state index is 1.11. The highest BCUT2D eigenvalue weighted by Crippen LogP contribution is 2.24. The van der Waals surface area contributed by atoms with Gasteiger partial charge in [-0.25, -0.2) is 0 Å². The standard InChI is InChI=1S/C21H19N/c1-17-9-5-7-13-20(17)22-21-14-8-6-12-19(21)16-15-18-10-3-2-4-11-18/h2-16,22H,1H3/b16-15+. The molecule has 0 unspecified atom stereocenters. The molecular weight excluding hydrogens is 266 g/mol. The van der Waals surface area contributed by atoms with Crippen molar-refractivity contribution in [3.05, 3.63) is 95.6 Å². The van der Waals surface area contributed by atoms with Gasteiger partial charge in [-0.1, -0.05) is 78.9 Å². The number of para-hydroxylation sites is 2. The summed E-state index contributed by atoms with van der Waals surface area (Å²) >= 11 is 0. The summed E-state index contributed by atoms with van der Waals surface area (Å²) in [6.07, 6.45) is 4.29. The van der Waals surface area contributed by atoms with Crippen molar-refractivity contribution in [1.82, 2.24) is 0 Å². The summed E-state index contributed by atoms with van der Waals surface area (Å²) < 4.78 is 0. The zero-order chi connectivity index (χ0) is 15.2. The van der Waals surface area contributed by atoms with Gasteiger partial charge in [0.1, 0.15) is 0 Å². The lowest BCUT2D eigenvalue weighted by atomic mass is 10.1. The zero-order valence-electron chi connectivity index (χ0n) is 12.7. The summed E-state index contributed by atoms with van der Waals surface area (Å²) in [6.45, 7) is 2.12. The number of rotatable bonds is 4. The van der Waals surface area contributed by atoms with Gasteiger partial charge in [-0.3, -0.25) is 0 Å². The van der Waals surface area contributed by atoms with Gasteiger partial charge in [0, 0.05) is 11.4 Å². The number of hydrogen-bond acceptors (Lipinski definition) is 1. The first-order chi connectivity index (χ1) is 10.8. The summed E-state index contributed by atoms with van der Waals surface area (Å²) in [6, 6.07) is 27.0. The molecule has 3 aromatic carbocycles. The molecular formula is C21H19N. The van der Waals surface area contributed by atoms with Crippen LogP contribution < -0.4 is 5.32 Å². The SMILES string of the molecule is Cc1ccccc1Nc1ccccc1/C=C/c1ccccc1. The van der Waals surface area contributed by atoms with Crippen molar-refractivity contribution < 1.29 is 0 Å². The average molecular weight is 285 g/mol. The van der Waals surface area contributed by atoms with Gasteiger partial charge in [-0.2, -0.15) is 0 Å². The van der Waals surface area contributed by atoms with E-state index in [9.17, 15) is 0 Å². The molecule has 3 rings (SSSR count). The lowest BCUT2D eigenvalue weighted by Gasteiger charge is -2.12. The first-order valence-corrected chi connectivity index (χ1v) is 7.48. The van der Waals surface area contributed by atoms with Crippen molar-refractivity contribution in [1.29, 1.82) is 0 Å². The molecule has 22 heavy (non-hydrogen) atoms. The number of benzene rings is 3. The second-order valence-corrected chi connectivity index (χ2v) is 5.27. The minimum Gasteiger partial charge on any atom is -0.355 e. The molecule has 0 aromatic heterocycles. The molecule has 1 heteroatoms. The molecule has 0 atom stereocenters. The van der Waals surface area contributed by atoms with Gasteiger partial charge < -0.3 is 5.32 Å². The predicted molar refractivity (Wildman–Crippen MR) is 96.3 cm³/mol. The monoisotopic (exact) mass is 285 g/mol. The van der Waals surface area contributed by atoms with Crippen molar-refractivity contribution in [2.75, 3.05) is 5.32 Å². The fourth-order valence-corrected chi connectivity index (χ4v) is 2.36. The maximum atomic E-state index is 3.53. The van der Waals surface area contributed by atoms with Crippen LogP contribution in [0.4, 0.5) is 11.4 Å². The van der Waals surface area contributed by atoms with E-state index < -0.39 is 0 Å². The van der Waals surface area contributed by atoms with Gasteiger partial charge in [0.15, 0.2) is 0 Å². The summed E-state index contributed by atoms with van der Waals surface area (Å²) in [5.74, 6) is 0. The van der Waals surface area contributed by atoms with E-state index in [4.69, 9.17) is 0 Å². The van der Waals surface area contributed by atoms with Crippen LogP contribution in [0.25, 0.3) is 12.2 Å². The molecule has 0 saturated carbocycles. The van der Waals surface area contributed by atoms with E-state index in [1.54, 1.807) is 0 Å². The quantitative estimate of drug-likeness (QED) is 0.588. The Morgan fingerprint density at radius 1 is 0.636 bits per heavy atom. The Kier molecular flexibility index (Phi) is 4.35. The van der Waals surface area contributed by atoms with Crippen LogP contribution in [0.3, 0.4) is 0 Å². The van der Waals surface area contributed by atoms with Crippen LogP contribution in [-0.4, -0.2) is 0 Å². The second kappa shape index (κ2) is 6.77. The molecule has 0 bridgehead atoms. The minimum absolute atomic E-state index is 1.11. The maximum Gasteiger partial charge on any atom is 0.0457 e. The molecule has 0 saturated heterocycles. The second-order valence-electron chi connectivity index (χ2n) is 5.27. The van der Waals surface area contributed by atoms with Crippen LogP contribution in [-0.2, 0) is 0 Å². The van der Waals surface area contributed by atoms with Crippen molar-refractivity contribution in [3.8, 4) is 0 Å². The fraction of sp³-hybridized carbons (Fsp3) is 0.0476. The number of nitrogens with one attached hydrogen (secondary N) is 1. The summed E-state index contributed by atoms with van der Waals surface area (Å²) in [4.78, 5) is 0. The normalized spacial score (nSPS) is 10.8. The largest absolute Gasteiger partial charge is 0.355 e. The Balaban J connectivity index is 1.87. The predicted octanol–water partition coefficient (Wildman–Crippen LogP) is 5.91. The Labute approximate surface area is 132 Å². The first kappa shape index (κ1) is 14.2. The van der Waals surface area contributed by atoms with Crippen LogP contribution in [0.15, 0.2) is 78.9 Å². The highest BCUT2D eigenvalue weighted by Gasteiger charge is 2.01. The van der Waals surface area contributed by atoms with Crippen LogP contribution in [0.5, 0.6) is 0 Å². The highest BCUT2D eigenvalue weighted by molar-refractivity contribution is 5.79. The molecule has 0 aliphatic carbocycles. The molecule has 3 aromatic rings. The van der Waals surface area contributed by atoms with E-state index in [1.165, 1.54) is 16.7 Å². The molecule has 0 fully saturated rings. The van der Waals surface area contributed by atoms with E-state index in [-0.39, 0.29) is 0 Å². The third kappa shape index (κ3) is 3.44. The zero-order valence-corrected chi connectivity index (χ0v) is 12.7. The maximum absolute atomic E-state index is 3.53. The van der Waals surface area contributed by atoms with Crippen molar-refractivity contribution in [2.24, 2.45) is 0 Å². The summed E-state index contributed by atoms with van der Waals surface area (Å²) in [5.41, 5.74) is 5.87. The molecule has 0 heterocycles. The van der Waals surface area contributed by atoms with E-state index in [2.05, 4.69) is 97.2 Å². The van der Waals surface area contributed by atoms with E-state index in [0.717, 1.165) is 11.4 Å². The highest BCUT2D eigenvalue weighted by atomic mass is 14.9. The number of hydrogen-bond donors (Lipinski definition) is 1. The van der Waals surface area contributed by atoms with E-state index in [0.29, 0.717) is 0 Å². The topological polar surface area (TPSA) is 12.0 Å². The molecule has 0 amide bonds. The molecule has 0 aliphatic heterocycles. The van der Waals surface area contributed by atoms with Gasteiger partial charge in [0.2, 0.25) is 0 Å². The first-order valence-electron chi connectivity index (χ1n) is 7.48. The molecule has 0 aliphatic rings. The van der Waals surface area contributed by atoms with E-state index in [1.807, 2.05) is 6.07 Å². The third-order valence-corrected chi connectivity index (χ3v) is 3.63. The summed E-state index contributed by atoms with van der Waals surface area (Å²) in [7, 11) is 0. The van der Waals surface area contributed by atoms with Gasteiger partial charge >= 0.3 is 0 Å². The lowest BCUT2D eigenvalue weighted by molar-refractivity contribution is 1.43. The Bertz CT molecular complexity index is 773. The Morgan fingerprint density at radius 2 is 1.27 bits per heavy atom. The Morgan fingerprint density at radius 3 is 2.05 bits per heavy atom. The molecule has 0 spiro atoms. The number of aryl methyl sites for hydroxylation is 1. The molecule has 0 radical (unpaired) electrons. The van der Waals surface area contributed by atoms with Crippen LogP contribution in [0, 0.1) is 6.92 Å². The van der Waals surface area contributed by atoms with Gasteiger partial charge in [-0.05, 0) is 35.7 Å². The molecule has 108 valence electrons. The van der Waals surface area contributed by atoms with Gasteiger partial charge in [0.05, 0.1) is 0 Å². The number of anilines is 2. The fourth-order valence-electron chi connectivity index (χ4n) is 2.36. The van der Waals surface area contributed by atoms with Crippen LogP contribution in [0.2, 0.25) is 0 Å². The van der Waals surface area contributed by atoms with Crippen molar-refractivity contribution in [3.63, 3.8) is 0 Å². The molecule has 1 N–H and O–H groups in total. The Hall–Kier alpha value is -2.80. The van der Waals surface area contributed by atoms with E-state index >= 15 is 0 Å². The van der Waals surface area contributed by atoms with Gasteiger partial charge in [0.25, 0.3) is 0 Å². The lowest BCUT2D eigenvalue weighted by Crippen LogP contribution is -1.94. The molecule has 1 nitrogen and oxygen atoms in total. The summed E-state index contributed by atoms with van der Waals surface area (Å²) in [5, 5.41) is 3.53. The third-order valence-electron chi connectivity index (χ3n) is 3.63.